The average Bonchev–Trinajstić information content (AvgIpc) is 2.59. The minimum absolute atomic E-state index is 0.0364. The van der Waals surface area contributed by atoms with E-state index >= 15 is 0 Å². The normalized spacial score (nSPS) is 11.2. The summed E-state index contributed by atoms with van der Waals surface area (Å²) in [6, 6.07) is 12.2. The minimum atomic E-state index is -0.456. The number of nitrogens with one attached hydrogen (secondary N) is 1. The number of carbonyl (C=O) groups excluding carboxylic acids is 1. The van der Waals surface area contributed by atoms with Crippen LogP contribution in [-0.2, 0) is 11.4 Å². The first-order valence-corrected chi connectivity index (χ1v) is 9.22. The number of rotatable bonds is 6. The van der Waals surface area contributed by atoms with E-state index in [-0.39, 0.29) is 28.3 Å². The lowest BCUT2D eigenvalue weighted by Gasteiger charge is -2.11. The Labute approximate surface area is 173 Å². The molecular formula is C20H17Cl3N2O2. The number of nitriles is 1. The van der Waals surface area contributed by atoms with Gasteiger partial charge in [-0.3, -0.25) is 4.79 Å². The number of hydrogen-bond donors (Lipinski definition) is 1. The van der Waals surface area contributed by atoms with Crippen LogP contribution in [0.3, 0.4) is 0 Å². The summed E-state index contributed by atoms with van der Waals surface area (Å²) < 4.78 is 5.71. The third kappa shape index (κ3) is 6.18. The van der Waals surface area contributed by atoms with E-state index in [0.717, 1.165) is 5.56 Å². The van der Waals surface area contributed by atoms with Crippen LogP contribution in [-0.4, -0.2) is 11.9 Å². The average molecular weight is 424 g/mol. The van der Waals surface area contributed by atoms with Gasteiger partial charge in [0.05, 0.1) is 10.0 Å². The number of ether oxygens (including phenoxy) is 1. The van der Waals surface area contributed by atoms with Gasteiger partial charge in [-0.1, -0.05) is 46.9 Å². The molecule has 1 N–H and O–H groups in total. The summed E-state index contributed by atoms with van der Waals surface area (Å²) in [5.41, 5.74) is 1.40. The second-order valence-electron chi connectivity index (χ2n) is 6.03. The summed E-state index contributed by atoms with van der Waals surface area (Å²) in [6.45, 7) is 3.90. The fraction of sp³-hybridized carbons (Fsp3) is 0.200. The maximum Gasteiger partial charge on any atom is 0.262 e. The molecule has 4 nitrogen and oxygen atoms in total. The van der Waals surface area contributed by atoms with Crippen molar-refractivity contribution in [3.05, 3.63) is 68.2 Å². The Bertz CT molecular complexity index is 877. The predicted molar refractivity (Wildman–Crippen MR) is 109 cm³/mol. The standard InChI is InChI=1S/C20H17Cl3N2O2/c1-12(2)25-20(26)15(10-24)7-14-8-17(22)19(18(23)9-14)27-11-13-3-5-16(21)6-4-13/h3-9,12H,11H2,1-2H3,(H,25,26)/b15-7-. The maximum absolute atomic E-state index is 12.0. The monoisotopic (exact) mass is 422 g/mol. The second kappa shape index (κ2) is 9.66. The molecule has 140 valence electrons. The molecule has 0 unspecified atom stereocenters. The quantitative estimate of drug-likeness (QED) is 0.482. The van der Waals surface area contributed by atoms with Crippen LogP contribution in [0, 0.1) is 11.3 Å². The van der Waals surface area contributed by atoms with Crippen LogP contribution in [0.4, 0.5) is 0 Å². The lowest BCUT2D eigenvalue weighted by atomic mass is 10.1. The fourth-order valence-corrected chi connectivity index (χ4v) is 2.93. The van der Waals surface area contributed by atoms with E-state index in [4.69, 9.17) is 39.5 Å². The van der Waals surface area contributed by atoms with Gasteiger partial charge < -0.3 is 10.1 Å². The molecule has 2 aromatic rings. The first-order chi connectivity index (χ1) is 12.8. The molecule has 0 aliphatic rings. The number of halogens is 3. The van der Waals surface area contributed by atoms with E-state index in [0.29, 0.717) is 16.3 Å². The molecule has 0 saturated carbocycles. The number of benzene rings is 2. The Morgan fingerprint density at radius 2 is 1.78 bits per heavy atom. The van der Waals surface area contributed by atoms with Gasteiger partial charge in [0.1, 0.15) is 18.2 Å². The Kier molecular flexibility index (Phi) is 7.55. The van der Waals surface area contributed by atoms with Crippen LogP contribution in [0.25, 0.3) is 6.08 Å². The van der Waals surface area contributed by atoms with Gasteiger partial charge in [-0.25, -0.2) is 0 Å². The highest BCUT2D eigenvalue weighted by molar-refractivity contribution is 6.37. The summed E-state index contributed by atoms with van der Waals surface area (Å²) in [7, 11) is 0. The summed E-state index contributed by atoms with van der Waals surface area (Å²) in [5, 5.41) is 13.1. The topological polar surface area (TPSA) is 62.1 Å². The van der Waals surface area contributed by atoms with E-state index in [9.17, 15) is 10.1 Å². The lowest BCUT2D eigenvalue weighted by Crippen LogP contribution is -2.30. The van der Waals surface area contributed by atoms with Crippen LogP contribution in [0.5, 0.6) is 5.75 Å². The molecule has 0 spiro atoms. The Morgan fingerprint density at radius 3 is 2.30 bits per heavy atom. The zero-order valence-electron chi connectivity index (χ0n) is 14.7. The number of carbonyl (C=O) groups is 1. The van der Waals surface area contributed by atoms with Crippen LogP contribution >= 0.6 is 34.8 Å². The number of amides is 1. The lowest BCUT2D eigenvalue weighted by molar-refractivity contribution is -0.117. The Hall–Kier alpha value is -2.19. The molecule has 27 heavy (non-hydrogen) atoms. The maximum atomic E-state index is 12.0. The van der Waals surface area contributed by atoms with Crippen LogP contribution in [0.1, 0.15) is 25.0 Å². The molecule has 0 heterocycles. The minimum Gasteiger partial charge on any atom is -0.486 e. The number of hydrogen-bond acceptors (Lipinski definition) is 3. The molecular weight excluding hydrogens is 407 g/mol. The van der Waals surface area contributed by atoms with Gasteiger partial charge in [0.2, 0.25) is 0 Å². The van der Waals surface area contributed by atoms with Gasteiger partial charge >= 0.3 is 0 Å². The van der Waals surface area contributed by atoms with E-state index in [1.807, 2.05) is 32.0 Å². The van der Waals surface area contributed by atoms with Crippen molar-refractivity contribution in [3.8, 4) is 11.8 Å². The van der Waals surface area contributed by atoms with Gasteiger partial charge in [-0.05, 0) is 55.3 Å². The summed E-state index contributed by atoms with van der Waals surface area (Å²) in [6.07, 6.45) is 1.43. The van der Waals surface area contributed by atoms with Crippen molar-refractivity contribution in [1.82, 2.24) is 5.32 Å². The molecule has 0 aliphatic heterocycles. The molecule has 0 bridgehead atoms. The highest BCUT2D eigenvalue weighted by Crippen LogP contribution is 2.35. The predicted octanol–water partition coefficient (Wildman–Crippen LogP) is 5.66. The SMILES string of the molecule is CC(C)NC(=O)/C(C#N)=C\c1cc(Cl)c(OCc2ccc(Cl)cc2)c(Cl)c1. The first-order valence-electron chi connectivity index (χ1n) is 8.09. The van der Waals surface area contributed by atoms with Crippen molar-refractivity contribution >= 4 is 46.8 Å². The molecule has 0 atom stereocenters. The highest BCUT2D eigenvalue weighted by atomic mass is 35.5. The molecule has 7 heteroatoms. The van der Waals surface area contributed by atoms with E-state index in [1.165, 1.54) is 6.08 Å². The van der Waals surface area contributed by atoms with E-state index < -0.39 is 5.91 Å². The molecule has 2 rings (SSSR count). The van der Waals surface area contributed by atoms with Crippen molar-refractivity contribution in [2.75, 3.05) is 0 Å². The Balaban J connectivity index is 2.20. The van der Waals surface area contributed by atoms with Crippen molar-refractivity contribution < 1.29 is 9.53 Å². The van der Waals surface area contributed by atoms with Crippen molar-refractivity contribution in [2.45, 2.75) is 26.5 Å². The molecule has 0 aliphatic carbocycles. The fourth-order valence-electron chi connectivity index (χ4n) is 2.19. The number of nitrogens with zero attached hydrogens (tertiary/aromatic N) is 1. The van der Waals surface area contributed by atoms with Crippen molar-refractivity contribution in [2.24, 2.45) is 0 Å². The van der Waals surface area contributed by atoms with Crippen molar-refractivity contribution in [1.29, 1.82) is 5.26 Å². The van der Waals surface area contributed by atoms with Gasteiger partial charge in [-0.2, -0.15) is 5.26 Å². The zero-order chi connectivity index (χ0) is 20.0. The third-order valence-electron chi connectivity index (χ3n) is 3.41. The van der Waals surface area contributed by atoms with Gasteiger partial charge in [-0.15, -0.1) is 0 Å². The van der Waals surface area contributed by atoms with Crippen molar-refractivity contribution in [3.63, 3.8) is 0 Å². The van der Waals surface area contributed by atoms with Gasteiger partial charge in [0.15, 0.2) is 5.75 Å². The molecule has 0 saturated heterocycles. The Morgan fingerprint density at radius 1 is 1.19 bits per heavy atom. The van der Waals surface area contributed by atoms with E-state index in [2.05, 4.69) is 5.32 Å². The summed E-state index contributed by atoms with van der Waals surface area (Å²) in [4.78, 5) is 12.0. The molecule has 2 aromatic carbocycles. The highest BCUT2D eigenvalue weighted by Gasteiger charge is 2.13. The van der Waals surface area contributed by atoms with Crippen LogP contribution in [0.2, 0.25) is 15.1 Å². The molecule has 0 radical (unpaired) electrons. The van der Waals surface area contributed by atoms with Crippen LogP contribution in [0.15, 0.2) is 42.0 Å². The largest absolute Gasteiger partial charge is 0.486 e. The molecule has 0 aromatic heterocycles. The van der Waals surface area contributed by atoms with Crippen LogP contribution < -0.4 is 10.1 Å². The van der Waals surface area contributed by atoms with E-state index in [1.54, 1.807) is 24.3 Å². The smallest absolute Gasteiger partial charge is 0.262 e. The second-order valence-corrected chi connectivity index (χ2v) is 7.28. The third-order valence-corrected chi connectivity index (χ3v) is 4.23. The van der Waals surface area contributed by atoms with Gasteiger partial charge in [0.25, 0.3) is 5.91 Å². The first kappa shape index (κ1) is 21.1. The summed E-state index contributed by atoms with van der Waals surface area (Å²) in [5.74, 6) is -0.126. The van der Waals surface area contributed by atoms with Gasteiger partial charge in [0, 0.05) is 11.1 Å². The molecule has 0 fully saturated rings. The summed E-state index contributed by atoms with van der Waals surface area (Å²) >= 11 is 18.4. The molecule has 1 amide bonds. The zero-order valence-corrected chi connectivity index (χ0v) is 17.0.